The fourth-order valence-corrected chi connectivity index (χ4v) is 4.81. The van der Waals surface area contributed by atoms with Crippen LogP contribution in [-0.4, -0.2) is 30.1 Å². The minimum Gasteiger partial charge on any atom is -0.329 e. The molecule has 2 aliphatic carbocycles. The van der Waals surface area contributed by atoms with Gasteiger partial charge >= 0.3 is 0 Å². The highest BCUT2D eigenvalue weighted by Crippen LogP contribution is 2.45. The van der Waals surface area contributed by atoms with E-state index in [9.17, 15) is 0 Å². The predicted octanol–water partition coefficient (Wildman–Crippen LogP) is 3.79. The molecule has 2 aliphatic rings. The SMILES string of the molecule is CC1CCCCC1N(C)C1(CN)CCCC(C)(C)C1. The third-order valence-corrected chi connectivity index (χ3v) is 6.00. The molecule has 3 unspecified atom stereocenters. The molecule has 0 saturated heterocycles. The lowest BCUT2D eigenvalue weighted by Crippen LogP contribution is -2.60. The van der Waals surface area contributed by atoms with Crippen molar-refractivity contribution in [2.24, 2.45) is 17.1 Å². The van der Waals surface area contributed by atoms with Gasteiger partial charge in [-0.2, -0.15) is 0 Å². The highest BCUT2D eigenvalue weighted by Gasteiger charge is 2.44. The van der Waals surface area contributed by atoms with Crippen LogP contribution < -0.4 is 5.73 Å². The third-order valence-electron chi connectivity index (χ3n) is 6.00. The second-order valence-corrected chi connectivity index (χ2v) is 8.06. The number of nitrogens with two attached hydrogens (primary N) is 1. The first kappa shape index (κ1) is 15.3. The highest BCUT2D eigenvalue weighted by atomic mass is 15.2. The molecule has 2 rings (SSSR count). The lowest BCUT2D eigenvalue weighted by Gasteiger charge is -2.54. The van der Waals surface area contributed by atoms with E-state index in [0.29, 0.717) is 5.41 Å². The topological polar surface area (TPSA) is 29.3 Å². The molecule has 2 saturated carbocycles. The second-order valence-electron chi connectivity index (χ2n) is 8.06. The zero-order chi connectivity index (χ0) is 14.1. The summed E-state index contributed by atoms with van der Waals surface area (Å²) in [5, 5.41) is 0. The zero-order valence-electron chi connectivity index (χ0n) is 13.5. The molecule has 2 fully saturated rings. The molecule has 19 heavy (non-hydrogen) atoms. The van der Waals surface area contributed by atoms with Crippen LogP contribution in [0, 0.1) is 11.3 Å². The minimum atomic E-state index is 0.262. The molecule has 0 heterocycles. The molecule has 0 spiro atoms. The summed E-state index contributed by atoms with van der Waals surface area (Å²) in [5.41, 5.74) is 6.99. The normalized spacial score (nSPS) is 39.5. The number of hydrogen-bond acceptors (Lipinski definition) is 2. The smallest absolute Gasteiger partial charge is 0.0336 e. The number of nitrogens with zero attached hydrogens (tertiary/aromatic N) is 1. The maximum Gasteiger partial charge on any atom is 0.0336 e. The Kier molecular flexibility index (Phi) is 4.62. The Labute approximate surface area is 120 Å². The molecule has 3 atom stereocenters. The van der Waals surface area contributed by atoms with Crippen LogP contribution >= 0.6 is 0 Å². The predicted molar refractivity (Wildman–Crippen MR) is 83.2 cm³/mol. The van der Waals surface area contributed by atoms with Gasteiger partial charge in [0.25, 0.3) is 0 Å². The Morgan fingerprint density at radius 1 is 1.11 bits per heavy atom. The van der Waals surface area contributed by atoms with Gasteiger partial charge in [-0.15, -0.1) is 0 Å². The van der Waals surface area contributed by atoms with Crippen molar-refractivity contribution in [1.29, 1.82) is 0 Å². The molecule has 0 aromatic heterocycles. The molecule has 0 radical (unpaired) electrons. The molecule has 0 aromatic rings. The lowest BCUT2D eigenvalue weighted by atomic mass is 9.66. The second kappa shape index (κ2) is 5.73. The number of rotatable bonds is 3. The van der Waals surface area contributed by atoms with Crippen molar-refractivity contribution >= 4 is 0 Å². The zero-order valence-corrected chi connectivity index (χ0v) is 13.5. The summed E-state index contributed by atoms with van der Waals surface area (Å²) in [6.07, 6.45) is 10.9. The van der Waals surface area contributed by atoms with Crippen LogP contribution in [0.15, 0.2) is 0 Å². The highest BCUT2D eigenvalue weighted by molar-refractivity contribution is 5.01. The Morgan fingerprint density at radius 3 is 2.37 bits per heavy atom. The van der Waals surface area contributed by atoms with E-state index in [0.717, 1.165) is 18.5 Å². The van der Waals surface area contributed by atoms with E-state index in [1.165, 1.54) is 51.4 Å². The maximum atomic E-state index is 6.27. The Morgan fingerprint density at radius 2 is 1.79 bits per heavy atom. The molecule has 112 valence electrons. The molecule has 2 heteroatoms. The monoisotopic (exact) mass is 266 g/mol. The molecule has 2 N–H and O–H groups in total. The van der Waals surface area contributed by atoms with Crippen LogP contribution in [0.1, 0.15) is 72.1 Å². The largest absolute Gasteiger partial charge is 0.329 e. The van der Waals surface area contributed by atoms with Crippen molar-refractivity contribution in [1.82, 2.24) is 4.90 Å². The Bertz CT molecular complexity index is 300. The standard InChI is InChI=1S/C17H34N2/c1-14-8-5-6-9-15(14)19(4)17(13-18)11-7-10-16(2,3)12-17/h14-15H,5-13,18H2,1-4H3. The average molecular weight is 266 g/mol. The van der Waals surface area contributed by atoms with E-state index in [4.69, 9.17) is 5.73 Å². The summed E-state index contributed by atoms with van der Waals surface area (Å²) in [5.74, 6) is 0.840. The molecule has 0 aliphatic heterocycles. The summed E-state index contributed by atoms with van der Waals surface area (Å²) in [4.78, 5) is 2.71. The first-order valence-corrected chi connectivity index (χ1v) is 8.33. The van der Waals surface area contributed by atoms with Gasteiger partial charge in [-0.05, 0) is 50.5 Å². The van der Waals surface area contributed by atoms with E-state index in [2.05, 4.69) is 32.7 Å². The molecule has 0 bridgehead atoms. The van der Waals surface area contributed by atoms with Gasteiger partial charge < -0.3 is 5.73 Å². The van der Waals surface area contributed by atoms with E-state index >= 15 is 0 Å². The van der Waals surface area contributed by atoms with Gasteiger partial charge in [0.05, 0.1) is 0 Å². The van der Waals surface area contributed by atoms with Crippen molar-refractivity contribution in [2.75, 3.05) is 13.6 Å². The van der Waals surface area contributed by atoms with E-state index in [-0.39, 0.29) is 5.54 Å². The summed E-state index contributed by atoms with van der Waals surface area (Å²) in [6, 6.07) is 0.756. The Hall–Kier alpha value is -0.0800. The van der Waals surface area contributed by atoms with Crippen molar-refractivity contribution in [3.8, 4) is 0 Å². The van der Waals surface area contributed by atoms with Gasteiger partial charge in [0.2, 0.25) is 0 Å². The van der Waals surface area contributed by atoms with Gasteiger partial charge in [0.1, 0.15) is 0 Å². The first-order chi connectivity index (χ1) is 8.90. The molecule has 0 aromatic carbocycles. The van der Waals surface area contributed by atoms with E-state index in [1.54, 1.807) is 0 Å². The van der Waals surface area contributed by atoms with Crippen LogP contribution in [0.4, 0.5) is 0 Å². The summed E-state index contributed by atoms with van der Waals surface area (Å²) in [6.45, 7) is 8.12. The van der Waals surface area contributed by atoms with E-state index in [1.807, 2.05) is 0 Å². The summed E-state index contributed by atoms with van der Waals surface area (Å²) >= 11 is 0. The van der Waals surface area contributed by atoms with Gasteiger partial charge in [0.15, 0.2) is 0 Å². The summed E-state index contributed by atoms with van der Waals surface area (Å²) in [7, 11) is 2.36. The van der Waals surface area contributed by atoms with E-state index < -0.39 is 0 Å². The van der Waals surface area contributed by atoms with Crippen LogP contribution in [0.3, 0.4) is 0 Å². The lowest BCUT2D eigenvalue weighted by molar-refractivity contribution is -0.0243. The van der Waals surface area contributed by atoms with Crippen molar-refractivity contribution < 1.29 is 0 Å². The van der Waals surface area contributed by atoms with Gasteiger partial charge in [-0.3, -0.25) is 4.90 Å². The maximum absolute atomic E-state index is 6.27. The minimum absolute atomic E-state index is 0.262. The molecular weight excluding hydrogens is 232 g/mol. The number of hydrogen-bond donors (Lipinski definition) is 1. The van der Waals surface area contributed by atoms with Crippen LogP contribution in [0.5, 0.6) is 0 Å². The van der Waals surface area contributed by atoms with Crippen LogP contribution in [0.25, 0.3) is 0 Å². The molecule has 0 amide bonds. The fourth-order valence-electron chi connectivity index (χ4n) is 4.81. The van der Waals surface area contributed by atoms with Gasteiger partial charge in [-0.1, -0.05) is 40.0 Å². The van der Waals surface area contributed by atoms with Crippen LogP contribution in [-0.2, 0) is 0 Å². The van der Waals surface area contributed by atoms with Crippen molar-refractivity contribution in [3.05, 3.63) is 0 Å². The molecular formula is C17H34N2. The van der Waals surface area contributed by atoms with Crippen LogP contribution in [0.2, 0.25) is 0 Å². The first-order valence-electron chi connectivity index (χ1n) is 8.33. The third kappa shape index (κ3) is 3.16. The molecule has 2 nitrogen and oxygen atoms in total. The van der Waals surface area contributed by atoms with Crippen molar-refractivity contribution in [3.63, 3.8) is 0 Å². The summed E-state index contributed by atoms with van der Waals surface area (Å²) < 4.78 is 0. The van der Waals surface area contributed by atoms with Gasteiger partial charge in [-0.25, -0.2) is 0 Å². The quantitative estimate of drug-likeness (QED) is 0.842. The van der Waals surface area contributed by atoms with Gasteiger partial charge in [0, 0.05) is 18.1 Å². The fraction of sp³-hybridized carbons (Fsp3) is 1.00. The Balaban J connectivity index is 2.15. The number of likely N-dealkylation sites (N-methyl/N-ethyl adjacent to an activating group) is 1. The van der Waals surface area contributed by atoms with Crippen molar-refractivity contribution in [2.45, 2.75) is 83.7 Å². The average Bonchev–Trinajstić information content (AvgIpc) is 2.37.